The molecule has 1 aromatic heterocycles. The Balaban J connectivity index is 0.938. The summed E-state index contributed by atoms with van der Waals surface area (Å²) in [6, 6.07) is 86.2. The first kappa shape index (κ1) is 36.4. The molecule has 0 saturated carbocycles. The first-order valence-electron chi connectivity index (χ1n) is 22.5. The molecule has 13 aromatic carbocycles. The predicted molar refractivity (Wildman–Crippen MR) is 284 cm³/mol. The normalized spacial score (nSPS) is 12.0. The van der Waals surface area contributed by atoms with Crippen molar-refractivity contribution in [3.63, 3.8) is 0 Å². The van der Waals surface area contributed by atoms with Crippen molar-refractivity contribution in [2.45, 2.75) is 0 Å². The molecular formula is C64H38S. The Morgan fingerprint density at radius 3 is 1.18 bits per heavy atom. The van der Waals surface area contributed by atoms with Crippen LogP contribution in [0.15, 0.2) is 231 Å². The van der Waals surface area contributed by atoms with E-state index in [0.717, 1.165) is 0 Å². The Morgan fingerprint density at radius 1 is 0.215 bits per heavy atom. The molecule has 65 heavy (non-hydrogen) atoms. The zero-order valence-corrected chi connectivity index (χ0v) is 36.2. The first-order valence-corrected chi connectivity index (χ1v) is 23.3. The molecule has 1 heterocycles. The summed E-state index contributed by atoms with van der Waals surface area (Å²) in [5.74, 6) is 0. The molecular weight excluding hydrogens is 801 g/mol. The second-order valence-corrected chi connectivity index (χ2v) is 18.6. The lowest BCUT2D eigenvalue weighted by Gasteiger charge is -2.15. The van der Waals surface area contributed by atoms with Crippen LogP contribution in [0, 0.1) is 0 Å². The van der Waals surface area contributed by atoms with E-state index in [2.05, 4.69) is 231 Å². The quantitative estimate of drug-likeness (QED) is 0.122. The van der Waals surface area contributed by atoms with Crippen molar-refractivity contribution in [1.29, 1.82) is 0 Å². The van der Waals surface area contributed by atoms with Crippen LogP contribution < -0.4 is 0 Å². The smallest absolute Gasteiger partial charge is 0.0440 e. The number of benzene rings is 13. The van der Waals surface area contributed by atoms with E-state index >= 15 is 0 Å². The van der Waals surface area contributed by atoms with Crippen LogP contribution in [0.5, 0.6) is 0 Å². The van der Waals surface area contributed by atoms with Gasteiger partial charge in [0, 0.05) is 26.1 Å². The van der Waals surface area contributed by atoms with Gasteiger partial charge in [0.1, 0.15) is 0 Å². The molecule has 0 spiro atoms. The molecule has 14 aromatic rings. The van der Waals surface area contributed by atoms with Crippen LogP contribution in [0.2, 0.25) is 0 Å². The summed E-state index contributed by atoms with van der Waals surface area (Å²) in [7, 11) is 0. The van der Waals surface area contributed by atoms with Crippen LogP contribution in [0.3, 0.4) is 0 Å². The topological polar surface area (TPSA) is 0 Å². The third-order valence-corrected chi connectivity index (χ3v) is 15.1. The van der Waals surface area contributed by atoms with E-state index in [1.807, 2.05) is 11.3 Å². The van der Waals surface area contributed by atoms with E-state index in [0.29, 0.717) is 0 Å². The Kier molecular flexibility index (Phi) is 7.95. The maximum absolute atomic E-state index is 2.43. The second-order valence-electron chi connectivity index (χ2n) is 17.6. The summed E-state index contributed by atoms with van der Waals surface area (Å²) in [6.07, 6.45) is 0. The maximum Gasteiger partial charge on any atom is 0.0440 e. The van der Waals surface area contributed by atoms with Gasteiger partial charge in [-0.3, -0.25) is 0 Å². The molecule has 0 fully saturated rings. The van der Waals surface area contributed by atoms with Gasteiger partial charge in [0.05, 0.1) is 0 Å². The highest BCUT2D eigenvalue weighted by Gasteiger charge is 2.22. The van der Waals surface area contributed by atoms with Crippen LogP contribution in [0.25, 0.3) is 140 Å². The fourth-order valence-corrected chi connectivity index (χ4v) is 12.2. The lowest BCUT2D eigenvalue weighted by Crippen LogP contribution is -1.88. The van der Waals surface area contributed by atoms with Gasteiger partial charge in [-0.2, -0.15) is 0 Å². The van der Waals surface area contributed by atoms with Crippen LogP contribution in [0.4, 0.5) is 0 Å². The van der Waals surface area contributed by atoms with E-state index in [1.165, 1.54) is 140 Å². The van der Waals surface area contributed by atoms with Gasteiger partial charge in [0.15, 0.2) is 0 Å². The van der Waals surface area contributed by atoms with Gasteiger partial charge in [-0.05, 0) is 163 Å². The number of hydrogen-bond donors (Lipinski definition) is 0. The van der Waals surface area contributed by atoms with Gasteiger partial charge in [-0.25, -0.2) is 0 Å². The molecule has 300 valence electrons. The molecule has 0 aliphatic rings. The molecule has 0 N–H and O–H groups in total. The third kappa shape index (κ3) is 5.69. The predicted octanol–water partition coefficient (Wildman–Crippen LogP) is 18.8. The second kappa shape index (κ2) is 14.2. The largest absolute Gasteiger partial charge is 0.134 e. The highest BCUT2D eigenvalue weighted by Crippen LogP contribution is 2.51. The highest BCUT2D eigenvalue weighted by molar-refractivity contribution is 7.23. The van der Waals surface area contributed by atoms with Crippen molar-refractivity contribution in [3.05, 3.63) is 231 Å². The number of rotatable bonds is 4. The minimum atomic E-state index is 1.22. The summed E-state index contributed by atoms with van der Waals surface area (Å²) < 4.78 is 1.29. The highest BCUT2D eigenvalue weighted by atomic mass is 32.1. The zero-order chi connectivity index (χ0) is 42.6. The van der Waals surface area contributed by atoms with Crippen LogP contribution in [-0.4, -0.2) is 0 Å². The first-order chi connectivity index (χ1) is 32.2. The van der Waals surface area contributed by atoms with Crippen molar-refractivity contribution in [3.8, 4) is 43.8 Å². The molecule has 0 aliphatic heterocycles. The van der Waals surface area contributed by atoms with Crippen molar-refractivity contribution in [1.82, 2.24) is 0 Å². The van der Waals surface area contributed by atoms with Gasteiger partial charge in [0.2, 0.25) is 0 Å². The monoisotopic (exact) mass is 838 g/mol. The molecule has 14 rings (SSSR count). The Labute approximate surface area is 379 Å². The Bertz CT molecular complexity index is 4300. The van der Waals surface area contributed by atoms with Crippen LogP contribution in [0.1, 0.15) is 0 Å². The minimum Gasteiger partial charge on any atom is -0.134 e. The van der Waals surface area contributed by atoms with Gasteiger partial charge < -0.3 is 0 Å². The molecule has 1 heteroatoms. The van der Waals surface area contributed by atoms with Crippen LogP contribution >= 0.6 is 11.3 Å². The Hall–Kier alpha value is -8.10. The summed E-state index contributed by atoms with van der Waals surface area (Å²) in [5.41, 5.74) is 8.83. The van der Waals surface area contributed by atoms with E-state index in [9.17, 15) is 0 Å². The van der Waals surface area contributed by atoms with E-state index < -0.39 is 0 Å². The summed E-state index contributed by atoms with van der Waals surface area (Å²) in [4.78, 5) is 1.31. The minimum absolute atomic E-state index is 1.22. The zero-order valence-electron chi connectivity index (χ0n) is 35.3. The summed E-state index contributed by atoms with van der Waals surface area (Å²) in [6.45, 7) is 0. The third-order valence-electron chi connectivity index (χ3n) is 13.9. The fourth-order valence-electron chi connectivity index (χ4n) is 10.9. The molecule has 0 atom stereocenters. The van der Waals surface area contributed by atoms with Gasteiger partial charge >= 0.3 is 0 Å². The number of fused-ring (bicyclic) bond motifs is 12. The lowest BCUT2D eigenvalue weighted by molar-refractivity contribution is 1.69. The Morgan fingerprint density at radius 2 is 0.615 bits per heavy atom. The molecule has 0 bridgehead atoms. The average Bonchev–Trinajstić information content (AvgIpc) is 3.75. The molecule has 0 amide bonds. The molecule has 0 aliphatic carbocycles. The summed E-state index contributed by atoms with van der Waals surface area (Å²) >= 11 is 1.92. The maximum atomic E-state index is 2.43. The van der Waals surface area contributed by atoms with E-state index in [4.69, 9.17) is 0 Å². The molecule has 0 nitrogen and oxygen atoms in total. The molecule has 0 unspecified atom stereocenters. The summed E-state index contributed by atoms with van der Waals surface area (Å²) in [5, 5.41) is 21.6. The van der Waals surface area contributed by atoms with Gasteiger partial charge in [-0.1, -0.05) is 182 Å². The standard InChI is InChI=1S/C64H38S/c1-4-16-49-43(13-1)35-59(55-22-10-7-19-52(49)55)46-28-27-41-32-47-31-39(25-26-40(47)33-48(41)34-46)42-29-30-58-62(38-42)65-64(61-37-45-15-3-6-18-51(45)54-21-9-12-24-57(54)61)63(58)60-36-44-14-2-5-17-50(44)53-20-8-11-23-56(53)60/h1-38H. The fraction of sp³-hybridized carbons (Fsp3) is 0. The van der Waals surface area contributed by atoms with E-state index in [1.54, 1.807) is 0 Å². The van der Waals surface area contributed by atoms with Crippen molar-refractivity contribution in [2.75, 3.05) is 0 Å². The van der Waals surface area contributed by atoms with Crippen molar-refractivity contribution in [2.24, 2.45) is 0 Å². The van der Waals surface area contributed by atoms with E-state index in [-0.39, 0.29) is 0 Å². The lowest BCUT2D eigenvalue weighted by atomic mass is 9.89. The molecule has 0 radical (unpaired) electrons. The van der Waals surface area contributed by atoms with Crippen LogP contribution in [-0.2, 0) is 0 Å². The van der Waals surface area contributed by atoms with Crippen molar-refractivity contribution < 1.29 is 0 Å². The number of hydrogen-bond acceptors (Lipinski definition) is 1. The van der Waals surface area contributed by atoms with Crippen molar-refractivity contribution >= 4 is 108 Å². The number of thiophene rings is 1. The SMILES string of the molecule is c1ccc2c(c1)cc(-c1ccc3cc4cc(-c5ccc6c(-c7cc8ccccc8c8ccccc78)c(-c7cc8ccccc8c8ccccc78)sc6c5)ccc4cc3c1)c1ccccc12. The van der Waals surface area contributed by atoms with Gasteiger partial charge in [-0.15, -0.1) is 11.3 Å². The van der Waals surface area contributed by atoms with Gasteiger partial charge in [0.25, 0.3) is 0 Å². The average molecular weight is 839 g/mol. The molecule has 0 saturated heterocycles.